The molecule has 0 radical (unpaired) electrons. The summed E-state index contributed by atoms with van der Waals surface area (Å²) in [5.74, 6) is 0. The van der Waals surface area contributed by atoms with Crippen LogP contribution >= 0.6 is 7.92 Å². The molecule has 0 saturated heterocycles. The maximum absolute atomic E-state index is 2.50. The van der Waals surface area contributed by atoms with Crippen LogP contribution in [-0.4, -0.2) is 17.0 Å². The maximum atomic E-state index is 2.50. The van der Waals surface area contributed by atoms with Crippen molar-refractivity contribution in [2.24, 2.45) is 16.2 Å². The second-order valence-electron chi connectivity index (χ2n) is 9.57. The Hall–Kier alpha value is 0.430. The van der Waals surface area contributed by atoms with Gasteiger partial charge in [0.1, 0.15) is 0 Å². The van der Waals surface area contributed by atoms with Gasteiger partial charge in [0.25, 0.3) is 0 Å². The van der Waals surface area contributed by atoms with Crippen LogP contribution in [0.25, 0.3) is 0 Å². The van der Waals surface area contributed by atoms with Gasteiger partial charge >= 0.3 is 0 Å². The van der Waals surface area contributed by atoms with Gasteiger partial charge in [-0.1, -0.05) is 91.0 Å². The van der Waals surface area contributed by atoms with E-state index in [1.165, 1.54) is 0 Å². The number of hydrogen-bond acceptors (Lipinski definition) is 0. The van der Waals surface area contributed by atoms with Crippen LogP contribution in [-0.2, 0) is 0 Å². The molecule has 0 saturated carbocycles. The van der Waals surface area contributed by atoms with E-state index in [0.717, 1.165) is 17.0 Å². The molecule has 3 atom stereocenters. The molecule has 116 valence electrons. The minimum atomic E-state index is -0.00849. The molecule has 0 aliphatic heterocycles. The second-order valence-corrected chi connectivity index (χ2v) is 12.8. The van der Waals surface area contributed by atoms with Crippen LogP contribution in [0, 0.1) is 16.2 Å². The quantitative estimate of drug-likeness (QED) is 0.502. The van der Waals surface area contributed by atoms with E-state index in [1.807, 2.05) is 0 Å². The summed E-state index contributed by atoms with van der Waals surface area (Å²) in [6.07, 6.45) is 0. The predicted molar refractivity (Wildman–Crippen MR) is 93.7 cm³/mol. The van der Waals surface area contributed by atoms with Crippen molar-refractivity contribution in [2.75, 3.05) is 0 Å². The lowest BCUT2D eigenvalue weighted by atomic mass is 9.91. The molecule has 0 amide bonds. The van der Waals surface area contributed by atoms with E-state index in [9.17, 15) is 0 Å². The van der Waals surface area contributed by atoms with E-state index in [2.05, 4.69) is 83.1 Å². The predicted octanol–water partition coefficient (Wildman–Crippen LogP) is 6.77. The Kier molecular flexibility index (Phi) is 6.18. The van der Waals surface area contributed by atoms with E-state index in [0.29, 0.717) is 16.2 Å². The Morgan fingerprint density at radius 3 is 0.737 bits per heavy atom. The van der Waals surface area contributed by atoms with E-state index in [1.54, 1.807) is 0 Å². The molecule has 0 heterocycles. The molecule has 1 heteroatoms. The van der Waals surface area contributed by atoms with Crippen molar-refractivity contribution in [3.05, 3.63) is 0 Å². The highest BCUT2D eigenvalue weighted by molar-refractivity contribution is 7.60. The number of rotatable bonds is 3. The fourth-order valence-electron chi connectivity index (χ4n) is 2.35. The lowest BCUT2D eigenvalue weighted by Gasteiger charge is -2.49. The van der Waals surface area contributed by atoms with Gasteiger partial charge in [-0.25, -0.2) is 0 Å². The second kappa shape index (κ2) is 6.05. The van der Waals surface area contributed by atoms with Gasteiger partial charge in [0.05, 0.1) is 0 Å². The third-order valence-corrected chi connectivity index (χ3v) is 10.1. The first-order valence-corrected chi connectivity index (χ1v) is 9.42. The molecule has 0 aromatic rings. The topological polar surface area (TPSA) is 0 Å². The van der Waals surface area contributed by atoms with Gasteiger partial charge in [-0.15, -0.1) is 0 Å². The van der Waals surface area contributed by atoms with E-state index in [4.69, 9.17) is 0 Å². The summed E-state index contributed by atoms with van der Waals surface area (Å²) in [7, 11) is -0.00849. The monoisotopic (exact) mass is 286 g/mol. The Bertz CT molecular complexity index is 224. The summed E-state index contributed by atoms with van der Waals surface area (Å²) in [6, 6.07) is 0. The van der Waals surface area contributed by atoms with E-state index >= 15 is 0 Å². The van der Waals surface area contributed by atoms with Gasteiger partial charge in [0.2, 0.25) is 0 Å². The SMILES string of the molecule is CC(P(C(C)C(C)(C)C)C(C)C(C)(C)C)C(C)(C)C. The standard InChI is InChI=1S/C18H39P/c1-13(16(4,5)6)19(14(2)17(7,8)9)15(3)18(10,11)12/h13-15H,1-12H3. The average molecular weight is 286 g/mol. The third-order valence-electron chi connectivity index (χ3n) is 5.10. The zero-order chi connectivity index (χ0) is 15.8. The van der Waals surface area contributed by atoms with Crippen molar-refractivity contribution in [3.63, 3.8) is 0 Å². The Labute approximate surface area is 124 Å². The van der Waals surface area contributed by atoms with Gasteiger partial charge in [0.15, 0.2) is 0 Å². The average Bonchev–Trinajstić information content (AvgIpc) is 2.13. The summed E-state index contributed by atoms with van der Waals surface area (Å²) in [6.45, 7) is 29.2. The lowest BCUT2D eigenvalue weighted by Crippen LogP contribution is -2.37. The van der Waals surface area contributed by atoms with Crippen LogP contribution in [0.4, 0.5) is 0 Å². The normalized spacial score (nSPS) is 20.8. The lowest BCUT2D eigenvalue weighted by molar-refractivity contribution is 0.354. The van der Waals surface area contributed by atoms with Crippen LogP contribution < -0.4 is 0 Å². The van der Waals surface area contributed by atoms with Crippen molar-refractivity contribution in [3.8, 4) is 0 Å². The van der Waals surface area contributed by atoms with Crippen LogP contribution in [0.15, 0.2) is 0 Å². The zero-order valence-corrected chi connectivity index (χ0v) is 16.6. The summed E-state index contributed by atoms with van der Waals surface area (Å²) in [5.41, 5.74) is 3.61. The fourth-order valence-corrected chi connectivity index (χ4v) is 7.04. The molecule has 0 aliphatic rings. The molecule has 0 rings (SSSR count). The molecule has 0 aliphatic carbocycles. The fraction of sp³-hybridized carbons (Fsp3) is 1.00. The van der Waals surface area contributed by atoms with Crippen LogP contribution in [0.3, 0.4) is 0 Å². The van der Waals surface area contributed by atoms with E-state index in [-0.39, 0.29) is 7.92 Å². The van der Waals surface area contributed by atoms with Crippen LogP contribution in [0.5, 0.6) is 0 Å². The van der Waals surface area contributed by atoms with Crippen molar-refractivity contribution in [1.82, 2.24) is 0 Å². The minimum Gasteiger partial charge on any atom is -0.0964 e. The first kappa shape index (κ1) is 19.4. The summed E-state index contributed by atoms with van der Waals surface area (Å²) in [4.78, 5) is 0. The zero-order valence-electron chi connectivity index (χ0n) is 15.7. The molecule has 0 N–H and O–H groups in total. The highest BCUT2D eigenvalue weighted by Crippen LogP contribution is 2.63. The summed E-state index contributed by atoms with van der Waals surface area (Å²) < 4.78 is 0. The Morgan fingerprint density at radius 1 is 0.474 bits per heavy atom. The van der Waals surface area contributed by atoms with Crippen LogP contribution in [0.1, 0.15) is 83.1 Å². The highest BCUT2D eigenvalue weighted by Gasteiger charge is 2.42. The molecule has 0 fully saturated rings. The first-order chi connectivity index (χ1) is 8.10. The molecule has 0 nitrogen and oxygen atoms in total. The Balaban J connectivity index is 5.52. The largest absolute Gasteiger partial charge is 0.0964 e. The maximum Gasteiger partial charge on any atom is -0.0184 e. The van der Waals surface area contributed by atoms with Gasteiger partial charge in [-0.05, 0) is 33.2 Å². The van der Waals surface area contributed by atoms with Gasteiger partial charge in [-0.3, -0.25) is 0 Å². The minimum absolute atomic E-state index is 0.00849. The molecule has 0 aromatic carbocycles. The number of hydrogen-bond donors (Lipinski definition) is 0. The molecular formula is C18H39P. The summed E-state index contributed by atoms with van der Waals surface area (Å²) in [5, 5.41) is 0. The van der Waals surface area contributed by atoms with Gasteiger partial charge < -0.3 is 0 Å². The van der Waals surface area contributed by atoms with E-state index < -0.39 is 0 Å². The molecule has 19 heavy (non-hydrogen) atoms. The molecule has 0 aromatic heterocycles. The van der Waals surface area contributed by atoms with Gasteiger partial charge in [0, 0.05) is 0 Å². The van der Waals surface area contributed by atoms with Crippen molar-refractivity contribution < 1.29 is 0 Å². The molecule has 0 spiro atoms. The van der Waals surface area contributed by atoms with Crippen molar-refractivity contribution >= 4 is 7.92 Å². The highest BCUT2D eigenvalue weighted by atomic mass is 31.1. The molecule has 3 unspecified atom stereocenters. The van der Waals surface area contributed by atoms with Crippen LogP contribution in [0.2, 0.25) is 0 Å². The summed E-state index contributed by atoms with van der Waals surface area (Å²) >= 11 is 0. The molecule has 0 bridgehead atoms. The molecular weight excluding hydrogens is 247 g/mol. The van der Waals surface area contributed by atoms with Gasteiger partial charge in [-0.2, -0.15) is 0 Å². The third kappa shape index (κ3) is 5.37. The Morgan fingerprint density at radius 2 is 0.632 bits per heavy atom. The smallest absolute Gasteiger partial charge is 0.0184 e. The van der Waals surface area contributed by atoms with Crippen molar-refractivity contribution in [2.45, 2.75) is 100 Å². The van der Waals surface area contributed by atoms with Crippen molar-refractivity contribution in [1.29, 1.82) is 0 Å². The first-order valence-electron chi connectivity index (χ1n) is 7.87.